The molecule has 1 aromatic heterocycles. The highest BCUT2D eigenvalue weighted by atomic mass is 32.2. The van der Waals surface area contributed by atoms with E-state index in [4.69, 9.17) is 9.47 Å². The van der Waals surface area contributed by atoms with Crippen LogP contribution < -0.4 is 5.32 Å². The second-order valence-electron chi connectivity index (χ2n) is 9.57. The smallest absolute Gasteiger partial charge is 0.331 e. The molecule has 2 saturated heterocycles. The highest BCUT2D eigenvalue weighted by molar-refractivity contribution is 8.01. The van der Waals surface area contributed by atoms with Crippen LogP contribution in [-0.4, -0.2) is 51.7 Å². The Balaban J connectivity index is 1.38. The van der Waals surface area contributed by atoms with E-state index < -0.39 is 39.9 Å². The quantitative estimate of drug-likeness (QED) is 0.265. The molecule has 0 unspecified atom stereocenters. The third-order valence-corrected chi connectivity index (χ3v) is 9.22. The summed E-state index contributed by atoms with van der Waals surface area (Å²) < 4.78 is 11.1. The molecule has 5 rings (SSSR count). The Morgan fingerprint density at radius 2 is 1.62 bits per heavy atom. The largest absolute Gasteiger partial charge is 0.451 e. The van der Waals surface area contributed by atoms with Crippen molar-refractivity contribution in [1.29, 1.82) is 0 Å². The molecule has 2 aliphatic heterocycles. The van der Waals surface area contributed by atoms with E-state index in [1.807, 2.05) is 92.0 Å². The molecule has 2 fully saturated rings. The summed E-state index contributed by atoms with van der Waals surface area (Å²) in [5, 5.41) is 4.15. The van der Waals surface area contributed by atoms with Crippen LogP contribution in [0.1, 0.15) is 36.0 Å². The van der Waals surface area contributed by atoms with Crippen LogP contribution in [-0.2, 0) is 30.3 Å². The molecule has 2 amide bonds. The van der Waals surface area contributed by atoms with Crippen LogP contribution in [0.25, 0.3) is 0 Å². The first-order valence-electron chi connectivity index (χ1n) is 12.0. The summed E-state index contributed by atoms with van der Waals surface area (Å²) in [5.74, 6) is -1.26. The van der Waals surface area contributed by atoms with Gasteiger partial charge in [0.1, 0.15) is 11.4 Å². The maximum atomic E-state index is 13.7. The maximum Gasteiger partial charge on any atom is 0.331 e. The van der Waals surface area contributed by atoms with Crippen molar-refractivity contribution >= 4 is 40.9 Å². The zero-order chi connectivity index (χ0) is 26.2. The average molecular weight is 537 g/mol. The van der Waals surface area contributed by atoms with E-state index in [0.29, 0.717) is 0 Å². The van der Waals surface area contributed by atoms with Gasteiger partial charge in [0, 0.05) is 16.7 Å². The van der Waals surface area contributed by atoms with E-state index in [1.165, 1.54) is 35.1 Å². The fraction of sp³-hybridized carbons (Fsp3) is 0.321. The van der Waals surface area contributed by atoms with Crippen molar-refractivity contribution in [2.75, 3.05) is 7.11 Å². The van der Waals surface area contributed by atoms with Crippen LogP contribution >= 0.6 is 23.1 Å². The zero-order valence-electron chi connectivity index (χ0n) is 20.7. The van der Waals surface area contributed by atoms with Crippen LogP contribution in [0, 0.1) is 0 Å². The fourth-order valence-corrected chi connectivity index (χ4v) is 7.32. The third-order valence-electron chi connectivity index (χ3n) is 6.73. The number of amides is 2. The number of thiophene rings is 1. The lowest BCUT2D eigenvalue weighted by atomic mass is 9.93. The zero-order valence-corrected chi connectivity index (χ0v) is 22.4. The minimum absolute atomic E-state index is 0.151. The highest BCUT2D eigenvalue weighted by Crippen LogP contribution is 2.55. The monoisotopic (exact) mass is 536 g/mol. The van der Waals surface area contributed by atoms with Crippen LogP contribution in [0.15, 0.2) is 78.2 Å². The lowest BCUT2D eigenvalue weighted by Gasteiger charge is -2.51. The summed E-state index contributed by atoms with van der Waals surface area (Å²) in [6.07, 6.45) is -0.471. The molecule has 2 aliphatic rings. The summed E-state index contributed by atoms with van der Waals surface area (Å²) in [7, 11) is 1.40. The lowest BCUT2D eigenvalue weighted by Crippen LogP contribution is -2.80. The minimum Gasteiger partial charge on any atom is -0.451 e. The van der Waals surface area contributed by atoms with Gasteiger partial charge < -0.3 is 19.7 Å². The van der Waals surface area contributed by atoms with E-state index >= 15 is 0 Å². The molecule has 9 heteroatoms. The van der Waals surface area contributed by atoms with Crippen LogP contribution in [0.4, 0.5) is 0 Å². The normalized spacial score (nSPS) is 23.9. The molecule has 0 aliphatic carbocycles. The first-order chi connectivity index (χ1) is 17.8. The number of nitrogens with one attached hydrogen (secondary N) is 1. The Labute approximate surface area is 224 Å². The van der Waals surface area contributed by atoms with Gasteiger partial charge in [-0.1, -0.05) is 66.7 Å². The number of benzene rings is 2. The number of methoxy groups -OCH3 is 1. The van der Waals surface area contributed by atoms with Crippen molar-refractivity contribution in [1.82, 2.24) is 10.2 Å². The number of hydrogen-bond donors (Lipinski definition) is 1. The van der Waals surface area contributed by atoms with Gasteiger partial charge in [0.2, 0.25) is 5.91 Å². The van der Waals surface area contributed by atoms with Gasteiger partial charge in [0.05, 0.1) is 6.42 Å². The van der Waals surface area contributed by atoms with Gasteiger partial charge in [0.25, 0.3) is 11.6 Å². The van der Waals surface area contributed by atoms with Crippen molar-refractivity contribution < 1.29 is 23.9 Å². The number of fused-ring (bicyclic) bond motifs is 1. The predicted octanol–water partition coefficient (Wildman–Crippen LogP) is 4.14. The Hall–Kier alpha value is -3.14. The fourth-order valence-electron chi connectivity index (χ4n) is 4.95. The standard InChI is InChI=1S/C28H28N2O5S2/c1-27(2)23(24(32)35-22(18-11-6-4-7-12-18)19-13-8-5-9-14-19)30-25(33)28(34-3,26(30)37-27)29-21(31)17-20-15-10-16-36-20/h4-16,22-23,26H,17H2,1-3H3,(H,29,31)/t23-,26+,28+/m0/s1. The summed E-state index contributed by atoms with van der Waals surface area (Å²) in [6, 6.07) is 22.0. The van der Waals surface area contributed by atoms with Crippen LogP contribution in [0.5, 0.6) is 0 Å². The van der Waals surface area contributed by atoms with Crippen LogP contribution in [0.3, 0.4) is 0 Å². The lowest BCUT2D eigenvalue weighted by molar-refractivity contribution is -0.202. The third kappa shape index (κ3) is 4.56. The number of nitrogens with zero attached hydrogens (tertiary/aromatic N) is 1. The highest BCUT2D eigenvalue weighted by Gasteiger charge is 2.73. The van der Waals surface area contributed by atoms with Gasteiger partial charge in [-0.15, -0.1) is 23.1 Å². The first kappa shape index (κ1) is 25.5. The second kappa shape index (κ2) is 9.96. The SMILES string of the molecule is CO[C@]1(NC(=O)Cc2cccs2)C(=O)N2[C@@H](C(=O)OC(c3ccccc3)c3ccccc3)C(C)(C)S[C@@H]21. The Morgan fingerprint density at radius 1 is 1.00 bits per heavy atom. The minimum atomic E-state index is -1.52. The Bertz CT molecular complexity index is 1240. The average Bonchev–Trinajstić information content (AvgIpc) is 3.50. The molecule has 37 heavy (non-hydrogen) atoms. The van der Waals surface area contributed by atoms with E-state index in [2.05, 4.69) is 5.32 Å². The van der Waals surface area contributed by atoms with Crippen molar-refractivity contribution in [2.24, 2.45) is 0 Å². The molecule has 7 nitrogen and oxygen atoms in total. The molecule has 0 saturated carbocycles. The molecule has 192 valence electrons. The molecule has 0 bridgehead atoms. The van der Waals surface area contributed by atoms with Gasteiger partial charge in [0.15, 0.2) is 6.10 Å². The Kier molecular flexibility index (Phi) is 6.87. The molecule has 0 radical (unpaired) electrons. The van der Waals surface area contributed by atoms with E-state index in [1.54, 1.807) is 0 Å². The maximum absolute atomic E-state index is 13.7. The van der Waals surface area contributed by atoms with E-state index in [0.717, 1.165) is 16.0 Å². The predicted molar refractivity (Wildman–Crippen MR) is 143 cm³/mol. The number of carbonyl (C=O) groups excluding carboxylic acids is 3. The molecule has 3 heterocycles. The molecule has 3 aromatic rings. The summed E-state index contributed by atoms with van der Waals surface area (Å²) in [5.41, 5.74) is 0.150. The van der Waals surface area contributed by atoms with Gasteiger partial charge in [-0.3, -0.25) is 9.59 Å². The summed E-state index contributed by atoms with van der Waals surface area (Å²) >= 11 is 2.90. The summed E-state index contributed by atoms with van der Waals surface area (Å²) in [6.45, 7) is 3.81. The number of ether oxygens (including phenoxy) is 2. The summed E-state index contributed by atoms with van der Waals surface area (Å²) in [4.78, 5) is 42.4. The van der Waals surface area contributed by atoms with Crippen molar-refractivity contribution in [3.8, 4) is 0 Å². The molecular weight excluding hydrogens is 508 g/mol. The first-order valence-corrected chi connectivity index (χ1v) is 13.7. The molecule has 1 N–H and O–H groups in total. The van der Waals surface area contributed by atoms with Gasteiger partial charge in [-0.05, 0) is 36.4 Å². The van der Waals surface area contributed by atoms with Crippen molar-refractivity contribution in [3.05, 3.63) is 94.2 Å². The molecular formula is C28H28N2O5S2. The number of β-lactam (4-membered cyclic amide) rings is 1. The molecule has 3 atom stereocenters. The molecule has 2 aromatic carbocycles. The number of rotatable bonds is 8. The molecule has 0 spiro atoms. The number of esters is 1. The topological polar surface area (TPSA) is 84.9 Å². The Morgan fingerprint density at radius 3 is 2.16 bits per heavy atom. The number of thioether (sulfide) groups is 1. The van der Waals surface area contributed by atoms with Crippen molar-refractivity contribution in [3.63, 3.8) is 0 Å². The second-order valence-corrected chi connectivity index (χ2v) is 12.3. The van der Waals surface area contributed by atoms with Gasteiger partial charge >= 0.3 is 5.97 Å². The van der Waals surface area contributed by atoms with E-state index in [-0.39, 0.29) is 12.3 Å². The van der Waals surface area contributed by atoms with E-state index in [9.17, 15) is 14.4 Å². The van der Waals surface area contributed by atoms with Gasteiger partial charge in [-0.25, -0.2) is 4.79 Å². The van der Waals surface area contributed by atoms with Crippen LogP contribution in [0.2, 0.25) is 0 Å². The van der Waals surface area contributed by atoms with Gasteiger partial charge in [-0.2, -0.15) is 0 Å². The number of carbonyl (C=O) groups is 3. The van der Waals surface area contributed by atoms with Crippen molar-refractivity contribution in [2.45, 2.75) is 48.3 Å². The number of hydrogen-bond acceptors (Lipinski definition) is 7.